The molecule has 1 atom stereocenters. The van der Waals surface area contributed by atoms with E-state index >= 15 is 0 Å². The molecule has 0 spiro atoms. The molecule has 0 aliphatic carbocycles. The summed E-state index contributed by atoms with van der Waals surface area (Å²) in [5.74, 6) is -0.653. The van der Waals surface area contributed by atoms with Crippen LogP contribution in [0.2, 0.25) is 0 Å². The van der Waals surface area contributed by atoms with Gasteiger partial charge in [0.15, 0.2) is 6.10 Å². The van der Waals surface area contributed by atoms with Gasteiger partial charge < -0.3 is 29.4 Å². The summed E-state index contributed by atoms with van der Waals surface area (Å²) in [6.07, 6.45) is 3.86. The number of rotatable bonds is 7. The highest BCUT2D eigenvalue weighted by Gasteiger charge is 2.34. The molecule has 0 saturated carbocycles. The topological polar surface area (TPSA) is 101 Å². The maximum atomic E-state index is 12.7. The van der Waals surface area contributed by atoms with E-state index in [1.54, 1.807) is 54.8 Å². The fraction of sp³-hybridized carbons (Fsp3) is 0.421. The molecule has 9 nitrogen and oxygen atoms in total. The van der Waals surface area contributed by atoms with Gasteiger partial charge in [-0.1, -0.05) is 6.92 Å². The molecule has 2 aromatic rings. The number of anilines is 2. The van der Waals surface area contributed by atoms with Crippen molar-refractivity contribution in [3.05, 3.63) is 35.9 Å². The Balaban J connectivity index is 1.71. The van der Waals surface area contributed by atoms with Gasteiger partial charge in [-0.25, -0.2) is 0 Å². The second-order valence-electron chi connectivity index (χ2n) is 6.85. The van der Waals surface area contributed by atoms with E-state index in [1.807, 2.05) is 6.92 Å². The summed E-state index contributed by atoms with van der Waals surface area (Å²) in [5, 5.41) is 5.61. The van der Waals surface area contributed by atoms with E-state index in [4.69, 9.17) is 4.74 Å². The van der Waals surface area contributed by atoms with E-state index in [1.165, 1.54) is 4.90 Å². The summed E-state index contributed by atoms with van der Waals surface area (Å²) >= 11 is 0. The first-order valence-corrected chi connectivity index (χ1v) is 9.13. The number of aromatic nitrogens is 2. The molecule has 0 bridgehead atoms. The van der Waals surface area contributed by atoms with Gasteiger partial charge in [-0.3, -0.25) is 14.4 Å². The second-order valence-corrected chi connectivity index (χ2v) is 6.85. The van der Waals surface area contributed by atoms with Crippen LogP contribution in [0.3, 0.4) is 0 Å². The zero-order chi connectivity index (χ0) is 20.4. The summed E-state index contributed by atoms with van der Waals surface area (Å²) in [7, 11) is 5.13. The van der Waals surface area contributed by atoms with Gasteiger partial charge in [0.05, 0.1) is 18.0 Å². The Morgan fingerprint density at radius 1 is 1.14 bits per heavy atom. The Labute approximate surface area is 163 Å². The lowest BCUT2D eigenvalue weighted by molar-refractivity contribution is -0.119. The van der Waals surface area contributed by atoms with Crippen molar-refractivity contribution in [3.63, 3.8) is 0 Å². The fourth-order valence-corrected chi connectivity index (χ4v) is 2.87. The third kappa shape index (κ3) is 4.09. The van der Waals surface area contributed by atoms with Crippen molar-refractivity contribution in [1.29, 1.82) is 0 Å². The molecule has 1 aliphatic heterocycles. The van der Waals surface area contributed by atoms with Crippen molar-refractivity contribution >= 4 is 29.1 Å². The molecule has 150 valence electrons. The number of hydrogen-bond acceptors (Lipinski definition) is 4. The van der Waals surface area contributed by atoms with Crippen LogP contribution in [0.15, 0.2) is 24.5 Å². The van der Waals surface area contributed by atoms with Crippen molar-refractivity contribution in [3.8, 4) is 0 Å². The molecule has 1 unspecified atom stereocenters. The van der Waals surface area contributed by atoms with E-state index in [9.17, 15) is 14.4 Å². The maximum Gasteiger partial charge on any atom is 0.272 e. The summed E-state index contributed by atoms with van der Waals surface area (Å²) in [6, 6.07) is 3.28. The monoisotopic (exact) mass is 387 g/mol. The van der Waals surface area contributed by atoms with Crippen LogP contribution in [-0.2, 0) is 23.6 Å². The molecule has 0 aromatic carbocycles. The van der Waals surface area contributed by atoms with Crippen LogP contribution in [0, 0.1) is 0 Å². The SMILES string of the molecule is CCCNC(=O)c1cc(NC(=O)c2cc(N(C)C(=O)C3CO3)cn2C)cn1C. The van der Waals surface area contributed by atoms with E-state index in [-0.39, 0.29) is 23.8 Å². The van der Waals surface area contributed by atoms with Gasteiger partial charge >= 0.3 is 0 Å². The first-order valence-electron chi connectivity index (χ1n) is 9.13. The lowest BCUT2D eigenvalue weighted by atomic mass is 10.3. The molecule has 9 heteroatoms. The number of carbonyl (C=O) groups is 3. The Hall–Kier alpha value is -3.07. The van der Waals surface area contributed by atoms with Crippen molar-refractivity contribution in [2.24, 2.45) is 14.1 Å². The molecule has 3 heterocycles. The standard InChI is InChI=1S/C19H25N5O4/c1-5-6-20-17(25)14-7-12(9-22(14)2)21-18(26)15-8-13(10-23(15)3)24(4)19(27)16-11-28-16/h7-10,16H,5-6,11H2,1-4H3,(H,20,25)(H,21,26). The largest absolute Gasteiger partial charge is 0.363 e. The van der Waals surface area contributed by atoms with Crippen LogP contribution in [0.4, 0.5) is 11.4 Å². The first-order chi connectivity index (χ1) is 13.3. The van der Waals surface area contributed by atoms with Gasteiger partial charge in [-0.15, -0.1) is 0 Å². The quantitative estimate of drug-likeness (QED) is 0.695. The summed E-state index contributed by atoms with van der Waals surface area (Å²) in [6.45, 7) is 3.01. The highest BCUT2D eigenvalue weighted by molar-refractivity contribution is 6.06. The minimum absolute atomic E-state index is 0.136. The summed E-state index contributed by atoms with van der Waals surface area (Å²) in [4.78, 5) is 38.4. The number of ether oxygens (including phenoxy) is 1. The van der Waals surface area contributed by atoms with E-state index in [0.29, 0.717) is 35.9 Å². The number of carbonyl (C=O) groups excluding carboxylic acids is 3. The maximum absolute atomic E-state index is 12.7. The average molecular weight is 387 g/mol. The van der Waals surface area contributed by atoms with E-state index in [2.05, 4.69) is 10.6 Å². The van der Waals surface area contributed by atoms with Crippen LogP contribution in [0.1, 0.15) is 34.3 Å². The van der Waals surface area contributed by atoms with Gasteiger partial charge in [0.2, 0.25) is 0 Å². The van der Waals surface area contributed by atoms with Crippen molar-refractivity contribution in [2.45, 2.75) is 19.4 Å². The highest BCUT2D eigenvalue weighted by Crippen LogP contribution is 2.22. The number of nitrogens with one attached hydrogen (secondary N) is 2. The van der Waals surface area contributed by atoms with Crippen LogP contribution < -0.4 is 15.5 Å². The first kappa shape index (κ1) is 19.7. The average Bonchev–Trinajstić information content (AvgIpc) is 3.34. The van der Waals surface area contributed by atoms with Gasteiger partial charge in [0.25, 0.3) is 17.7 Å². The molecule has 1 fully saturated rings. The molecular weight excluding hydrogens is 362 g/mol. The second kappa shape index (κ2) is 7.89. The third-order valence-electron chi connectivity index (χ3n) is 4.58. The zero-order valence-corrected chi connectivity index (χ0v) is 16.5. The van der Waals surface area contributed by atoms with Crippen molar-refractivity contribution in [1.82, 2.24) is 14.5 Å². The normalized spacial score (nSPS) is 15.2. The number of nitrogens with zero attached hydrogens (tertiary/aromatic N) is 3. The molecule has 2 N–H and O–H groups in total. The number of likely N-dealkylation sites (N-methyl/N-ethyl adjacent to an activating group) is 1. The van der Waals surface area contributed by atoms with Gasteiger partial charge in [0, 0.05) is 40.1 Å². The molecule has 28 heavy (non-hydrogen) atoms. The number of epoxide rings is 1. The summed E-state index contributed by atoms with van der Waals surface area (Å²) < 4.78 is 8.34. The van der Waals surface area contributed by atoms with Gasteiger partial charge in [-0.05, 0) is 18.6 Å². The van der Waals surface area contributed by atoms with Crippen LogP contribution >= 0.6 is 0 Å². The highest BCUT2D eigenvalue weighted by atomic mass is 16.6. The number of amides is 3. The lowest BCUT2D eigenvalue weighted by Gasteiger charge is -2.13. The minimum Gasteiger partial charge on any atom is -0.363 e. The molecule has 3 amide bonds. The predicted octanol–water partition coefficient (Wildman–Crippen LogP) is 1.12. The lowest BCUT2D eigenvalue weighted by Crippen LogP contribution is -2.30. The van der Waals surface area contributed by atoms with Gasteiger partial charge in [0.1, 0.15) is 11.4 Å². The third-order valence-corrected chi connectivity index (χ3v) is 4.58. The summed E-state index contributed by atoms with van der Waals surface area (Å²) in [5.41, 5.74) is 1.99. The van der Waals surface area contributed by atoms with Gasteiger partial charge in [-0.2, -0.15) is 0 Å². The Bertz CT molecular complexity index is 910. The molecule has 0 radical (unpaired) electrons. The molecular formula is C19H25N5O4. The zero-order valence-electron chi connectivity index (χ0n) is 16.5. The fourth-order valence-electron chi connectivity index (χ4n) is 2.87. The molecule has 2 aromatic heterocycles. The van der Waals surface area contributed by atoms with Crippen LogP contribution in [-0.4, -0.2) is 53.2 Å². The minimum atomic E-state index is -0.385. The predicted molar refractivity (Wildman–Crippen MR) is 105 cm³/mol. The van der Waals surface area contributed by atoms with Crippen LogP contribution in [0.5, 0.6) is 0 Å². The Kier molecular flexibility index (Phi) is 5.55. The van der Waals surface area contributed by atoms with Crippen molar-refractivity contribution < 1.29 is 19.1 Å². The Morgan fingerprint density at radius 3 is 2.43 bits per heavy atom. The molecule has 1 aliphatic rings. The smallest absolute Gasteiger partial charge is 0.272 e. The van der Waals surface area contributed by atoms with Crippen LogP contribution in [0.25, 0.3) is 0 Å². The Morgan fingerprint density at radius 2 is 1.79 bits per heavy atom. The van der Waals surface area contributed by atoms with E-state index in [0.717, 1.165) is 6.42 Å². The van der Waals surface area contributed by atoms with E-state index < -0.39 is 0 Å². The van der Waals surface area contributed by atoms with Crippen molar-refractivity contribution in [2.75, 3.05) is 30.4 Å². The number of hydrogen-bond donors (Lipinski definition) is 2. The molecule has 1 saturated heterocycles. The molecule has 3 rings (SSSR count). The number of aryl methyl sites for hydroxylation is 2.